The molecule has 0 aliphatic heterocycles. The number of aliphatic carboxylic acids is 1. The van der Waals surface area contributed by atoms with Crippen molar-refractivity contribution in [2.24, 2.45) is 0 Å². The van der Waals surface area contributed by atoms with Crippen molar-refractivity contribution in [2.45, 2.75) is 13.0 Å². The maximum absolute atomic E-state index is 9.76. The van der Waals surface area contributed by atoms with E-state index in [1.165, 1.54) is 6.92 Å². The van der Waals surface area contributed by atoms with Crippen molar-refractivity contribution in [1.29, 1.82) is 0 Å². The van der Waals surface area contributed by atoms with Crippen LogP contribution in [0.15, 0.2) is 0 Å². The maximum Gasteiger partial charge on any atom is 1.00 e. The van der Waals surface area contributed by atoms with Gasteiger partial charge in [0.2, 0.25) is 0 Å². The number of hydrogen-bond acceptors (Lipinski definition) is 3. The molecule has 0 aromatic carbocycles. The molecule has 0 radical (unpaired) electrons. The molecule has 0 heterocycles. The summed E-state index contributed by atoms with van der Waals surface area (Å²) < 4.78 is 0. The van der Waals surface area contributed by atoms with Gasteiger partial charge in [-0.3, -0.25) is 0 Å². The molecule has 0 aliphatic carbocycles. The van der Waals surface area contributed by atoms with Crippen LogP contribution in [-0.2, 0) is 4.79 Å². The van der Waals surface area contributed by atoms with Gasteiger partial charge in [0.05, 0.1) is 5.97 Å². The number of carboxylic acids is 1. The molecule has 4 nitrogen and oxygen atoms in total. The van der Waals surface area contributed by atoms with Crippen molar-refractivity contribution in [3.05, 3.63) is 0 Å². The van der Waals surface area contributed by atoms with E-state index < -0.39 is 12.0 Å². The summed E-state index contributed by atoms with van der Waals surface area (Å²) in [6, 6.07) is -0.542. The van der Waals surface area contributed by atoms with E-state index in [4.69, 9.17) is 0 Å². The van der Waals surface area contributed by atoms with Crippen LogP contribution in [0.4, 0.5) is 0 Å². The first-order valence-electron chi connectivity index (χ1n) is 2.06. The van der Waals surface area contributed by atoms with Gasteiger partial charge in [-0.1, -0.05) is 0 Å². The molecule has 0 aromatic rings. The van der Waals surface area contributed by atoms with Crippen LogP contribution < -0.4 is 40.0 Å². The molecule has 0 bridgehead atoms. The first-order valence-corrected chi connectivity index (χ1v) is 2.06. The third kappa shape index (κ3) is 8.39. The molecular formula is C4H10NNaO3. The summed E-state index contributed by atoms with van der Waals surface area (Å²) in [6.07, 6.45) is 0. The number of nitrogens with one attached hydrogen (secondary N) is 1. The average Bonchev–Trinajstić information content (AvgIpc) is 1.65. The van der Waals surface area contributed by atoms with Crippen LogP contribution in [0.3, 0.4) is 0 Å². The molecule has 0 fully saturated rings. The molecule has 9 heavy (non-hydrogen) atoms. The number of carbonyl (C=O) groups excluding carboxylic acids is 1. The van der Waals surface area contributed by atoms with Crippen LogP contribution in [0, 0.1) is 0 Å². The quantitative estimate of drug-likeness (QED) is 0.391. The largest absolute Gasteiger partial charge is 1.00 e. The molecule has 0 spiro atoms. The molecule has 1 atom stereocenters. The van der Waals surface area contributed by atoms with Gasteiger partial charge in [-0.25, -0.2) is 0 Å². The minimum atomic E-state index is -1.07. The van der Waals surface area contributed by atoms with Crippen LogP contribution in [0.5, 0.6) is 0 Å². The van der Waals surface area contributed by atoms with Crippen LogP contribution in [0.1, 0.15) is 6.92 Å². The SMILES string of the molecule is CNC(C)C(=O)[O-].O.[Na+]. The Morgan fingerprint density at radius 1 is 1.67 bits per heavy atom. The molecule has 5 heteroatoms. The third-order valence-corrected chi connectivity index (χ3v) is 0.787. The first-order chi connectivity index (χ1) is 3.18. The summed E-state index contributed by atoms with van der Waals surface area (Å²) in [6.45, 7) is 1.52. The molecule has 0 saturated heterocycles. The number of carbonyl (C=O) groups is 1. The van der Waals surface area contributed by atoms with E-state index in [0.29, 0.717) is 0 Å². The van der Waals surface area contributed by atoms with Crippen molar-refractivity contribution in [3.63, 3.8) is 0 Å². The minimum absolute atomic E-state index is 0. The van der Waals surface area contributed by atoms with E-state index in [2.05, 4.69) is 5.32 Å². The number of carboxylic acid groups (broad SMARTS) is 1. The molecular weight excluding hydrogens is 133 g/mol. The second kappa shape index (κ2) is 8.39. The van der Waals surface area contributed by atoms with Crippen LogP contribution in [-0.4, -0.2) is 24.5 Å². The van der Waals surface area contributed by atoms with Crippen molar-refractivity contribution < 1.29 is 44.9 Å². The second-order valence-corrected chi connectivity index (χ2v) is 1.33. The summed E-state index contributed by atoms with van der Waals surface area (Å²) in [7, 11) is 1.57. The van der Waals surface area contributed by atoms with Gasteiger partial charge in [-0.05, 0) is 14.0 Å². The van der Waals surface area contributed by atoms with Crippen molar-refractivity contribution in [1.82, 2.24) is 5.32 Å². The van der Waals surface area contributed by atoms with Crippen molar-refractivity contribution in [3.8, 4) is 0 Å². The van der Waals surface area contributed by atoms with Gasteiger partial charge in [0, 0.05) is 6.04 Å². The van der Waals surface area contributed by atoms with E-state index in [9.17, 15) is 9.90 Å². The molecule has 0 rings (SSSR count). The molecule has 0 aliphatic rings. The fourth-order valence-electron chi connectivity index (χ4n) is 0.118. The molecule has 1 unspecified atom stereocenters. The number of hydrogen-bond donors (Lipinski definition) is 1. The predicted molar refractivity (Wildman–Crippen MR) is 27.1 cm³/mol. The predicted octanol–water partition coefficient (Wildman–Crippen LogP) is -5.48. The summed E-state index contributed by atoms with van der Waals surface area (Å²) in [5, 5.41) is 12.3. The second-order valence-electron chi connectivity index (χ2n) is 1.33. The van der Waals surface area contributed by atoms with Crippen molar-refractivity contribution in [2.75, 3.05) is 7.05 Å². The third-order valence-electron chi connectivity index (χ3n) is 0.787. The van der Waals surface area contributed by atoms with Crippen LogP contribution in [0.25, 0.3) is 0 Å². The Kier molecular flexibility index (Phi) is 15.1. The molecule has 0 aromatic heterocycles. The standard InChI is InChI=1S/C4H9NO2.Na.H2O/c1-3(5-2)4(6)7;;/h3,5H,1-2H3,(H,6,7);;1H2/q;+1;/p-1. The molecule has 3 N–H and O–H groups in total. The van der Waals surface area contributed by atoms with Crippen molar-refractivity contribution >= 4 is 5.97 Å². The van der Waals surface area contributed by atoms with E-state index in [-0.39, 0.29) is 35.0 Å². The minimum Gasteiger partial charge on any atom is -0.548 e. The van der Waals surface area contributed by atoms with E-state index in [1.807, 2.05) is 0 Å². The Balaban J connectivity index is -0.000000180. The summed E-state index contributed by atoms with van der Waals surface area (Å²) in [5.41, 5.74) is 0. The molecule has 50 valence electrons. The number of rotatable bonds is 2. The Bertz CT molecular complexity index is 78.2. The van der Waals surface area contributed by atoms with Gasteiger partial charge in [0.25, 0.3) is 0 Å². The average molecular weight is 143 g/mol. The molecule has 0 saturated carbocycles. The Morgan fingerprint density at radius 2 is 2.00 bits per heavy atom. The zero-order chi connectivity index (χ0) is 5.86. The Morgan fingerprint density at radius 3 is 2.00 bits per heavy atom. The fourth-order valence-corrected chi connectivity index (χ4v) is 0.118. The summed E-state index contributed by atoms with van der Waals surface area (Å²) >= 11 is 0. The van der Waals surface area contributed by atoms with E-state index in [0.717, 1.165) is 0 Å². The van der Waals surface area contributed by atoms with Gasteiger partial charge in [0.15, 0.2) is 0 Å². The Labute approximate surface area is 76.2 Å². The van der Waals surface area contributed by atoms with Gasteiger partial charge in [0.1, 0.15) is 0 Å². The number of likely N-dealkylation sites (N-methyl/N-ethyl adjacent to an activating group) is 1. The monoisotopic (exact) mass is 143 g/mol. The topological polar surface area (TPSA) is 83.7 Å². The summed E-state index contributed by atoms with van der Waals surface area (Å²) in [4.78, 5) is 9.76. The van der Waals surface area contributed by atoms with E-state index in [1.54, 1.807) is 7.05 Å². The first kappa shape index (κ1) is 16.2. The van der Waals surface area contributed by atoms with Gasteiger partial charge < -0.3 is 20.7 Å². The molecule has 0 amide bonds. The Hall–Kier alpha value is 0.390. The zero-order valence-electron chi connectivity index (χ0n) is 5.89. The van der Waals surface area contributed by atoms with Crippen LogP contribution >= 0.6 is 0 Å². The van der Waals surface area contributed by atoms with Crippen LogP contribution in [0.2, 0.25) is 0 Å². The normalized spacial score (nSPS) is 10.4. The van der Waals surface area contributed by atoms with Gasteiger partial charge in [-0.15, -0.1) is 0 Å². The van der Waals surface area contributed by atoms with Gasteiger partial charge >= 0.3 is 29.6 Å². The summed E-state index contributed by atoms with van der Waals surface area (Å²) in [5.74, 6) is -1.07. The maximum atomic E-state index is 9.76. The fraction of sp³-hybridized carbons (Fsp3) is 0.750. The van der Waals surface area contributed by atoms with Gasteiger partial charge in [-0.2, -0.15) is 0 Å². The smallest absolute Gasteiger partial charge is 0.548 e. The zero-order valence-corrected chi connectivity index (χ0v) is 7.89. The van der Waals surface area contributed by atoms with E-state index >= 15 is 0 Å².